The van der Waals surface area contributed by atoms with E-state index in [1.54, 1.807) is 12.1 Å². The lowest BCUT2D eigenvalue weighted by Crippen LogP contribution is -2.10. The predicted molar refractivity (Wildman–Crippen MR) is 72.4 cm³/mol. The zero-order valence-corrected chi connectivity index (χ0v) is 10.7. The number of nitrogen functional groups attached to an aromatic ring is 1. The zero-order valence-electron chi connectivity index (χ0n) is 10.7. The van der Waals surface area contributed by atoms with E-state index in [9.17, 15) is 9.18 Å². The minimum absolute atomic E-state index is 0.0577. The van der Waals surface area contributed by atoms with Crippen molar-refractivity contribution in [2.45, 2.75) is 0 Å². The summed E-state index contributed by atoms with van der Waals surface area (Å²) in [5.74, 6) is -0.698. The Hall–Kier alpha value is -2.76. The molecule has 20 heavy (non-hydrogen) atoms. The SMILES string of the molecule is COc1cc(Oc2cccc(C(N)=O)c2)c(F)cc1N. The third kappa shape index (κ3) is 2.80. The molecule has 0 bridgehead atoms. The van der Waals surface area contributed by atoms with Gasteiger partial charge in [-0.1, -0.05) is 6.07 Å². The Morgan fingerprint density at radius 2 is 1.95 bits per heavy atom. The van der Waals surface area contributed by atoms with Gasteiger partial charge in [0.15, 0.2) is 11.6 Å². The van der Waals surface area contributed by atoms with Crippen LogP contribution in [-0.4, -0.2) is 13.0 Å². The fourth-order valence-corrected chi connectivity index (χ4v) is 1.64. The molecule has 104 valence electrons. The number of rotatable bonds is 4. The monoisotopic (exact) mass is 276 g/mol. The van der Waals surface area contributed by atoms with E-state index in [2.05, 4.69) is 0 Å². The average molecular weight is 276 g/mol. The molecule has 0 aliphatic rings. The second kappa shape index (κ2) is 5.48. The number of carbonyl (C=O) groups is 1. The highest BCUT2D eigenvalue weighted by molar-refractivity contribution is 5.93. The lowest BCUT2D eigenvalue weighted by molar-refractivity contribution is 0.1000. The Labute approximate surface area is 114 Å². The van der Waals surface area contributed by atoms with E-state index in [0.29, 0.717) is 5.75 Å². The van der Waals surface area contributed by atoms with Crippen molar-refractivity contribution in [3.63, 3.8) is 0 Å². The van der Waals surface area contributed by atoms with Crippen molar-refractivity contribution in [3.05, 3.63) is 47.8 Å². The van der Waals surface area contributed by atoms with E-state index in [1.807, 2.05) is 0 Å². The summed E-state index contributed by atoms with van der Waals surface area (Å²) in [6.45, 7) is 0. The number of primary amides is 1. The van der Waals surface area contributed by atoms with Crippen molar-refractivity contribution in [3.8, 4) is 17.2 Å². The summed E-state index contributed by atoms with van der Waals surface area (Å²) in [4.78, 5) is 11.1. The molecule has 6 heteroatoms. The molecule has 0 atom stereocenters. The van der Waals surface area contributed by atoms with Crippen LogP contribution in [0.4, 0.5) is 10.1 Å². The van der Waals surface area contributed by atoms with E-state index in [4.69, 9.17) is 20.9 Å². The molecule has 0 radical (unpaired) electrons. The van der Waals surface area contributed by atoms with Gasteiger partial charge in [-0.3, -0.25) is 4.79 Å². The van der Waals surface area contributed by atoms with Gasteiger partial charge in [0.1, 0.15) is 11.5 Å². The van der Waals surface area contributed by atoms with Crippen LogP contribution in [0, 0.1) is 5.82 Å². The first-order valence-electron chi connectivity index (χ1n) is 5.72. The predicted octanol–water partition coefficient (Wildman–Crippen LogP) is 2.31. The van der Waals surface area contributed by atoms with Gasteiger partial charge in [0.25, 0.3) is 0 Å². The first-order chi connectivity index (χ1) is 9.51. The van der Waals surface area contributed by atoms with E-state index < -0.39 is 11.7 Å². The van der Waals surface area contributed by atoms with E-state index in [0.717, 1.165) is 6.07 Å². The standard InChI is InChI=1S/C14H13FN2O3/c1-19-13-7-12(10(15)6-11(13)16)20-9-4-2-3-8(5-9)14(17)18/h2-7H,16H2,1H3,(H2,17,18). The number of hydrogen-bond acceptors (Lipinski definition) is 4. The van der Waals surface area contributed by atoms with Crippen LogP contribution in [0.1, 0.15) is 10.4 Å². The molecule has 1 amide bonds. The van der Waals surface area contributed by atoms with Crippen LogP contribution in [0.3, 0.4) is 0 Å². The molecule has 5 nitrogen and oxygen atoms in total. The van der Waals surface area contributed by atoms with Crippen molar-refractivity contribution in [1.29, 1.82) is 0 Å². The minimum atomic E-state index is -0.632. The highest BCUT2D eigenvalue weighted by Gasteiger charge is 2.11. The molecule has 2 rings (SSSR count). The van der Waals surface area contributed by atoms with Crippen LogP contribution >= 0.6 is 0 Å². The second-order valence-corrected chi connectivity index (χ2v) is 4.02. The number of anilines is 1. The lowest BCUT2D eigenvalue weighted by Gasteiger charge is -2.11. The van der Waals surface area contributed by atoms with E-state index in [-0.39, 0.29) is 22.7 Å². The Morgan fingerprint density at radius 1 is 1.20 bits per heavy atom. The molecule has 0 aliphatic heterocycles. The maximum atomic E-state index is 13.8. The smallest absolute Gasteiger partial charge is 0.248 e. The first-order valence-corrected chi connectivity index (χ1v) is 5.72. The maximum absolute atomic E-state index is 13.8. The van der Waals surface area contributed by atoms with Crippen molar-refractivity contribution >= 4 is 11.6 Å². The van der Waals surface area contributed by atoms with Crippen molar-refractivity contribution < 1.29 is 18.7 Å². The maximum Gasteiger partial charge on any atom is 0.248 e. The number of ether oxygens (including phenoxy) is 2. The fraction of sp³-hybridized carbons (Fsp3) is 0.0714. The van der Waals surface area contributed by atoms with Gasteiger partial charge in [0.2, 0.25) is 5.91 Å². The van der Waals surface area contributed by atoms with Gasteiger partial charge in [0.05, 0.1) is 12.8 Å². The molecule has 0 fully saturated rings. The molecule has 4 N–H and O–H groups in total. The Balaban J connectivity index is 2.34. The molecular formula is C14H13FN2O3. The van der Waals surface area contributed by atoms with Gasteiger partial charge in [-0.2, -0.15) is 0 Å². The fourth-order valence-electron chi connectivity index (χ4n) is 1.64. The zero-order chi connectivity index (χ0) is 14.7. The molecule has 2 aromatic carbocycles. The van der Waals surface area contributed by atoms with Crippen LogP contribution in [0.15, 0.2) is 36.4 Å². The van der Waals surface area contributed by atoms with Crippen LogP contribution in [0.2, 0.25) is 0 Å². The van der Waals surface area contributed by atoms with Gasteiger partial charge in [0, 0.05) is 17.7 Å². The molecule has 0 spiro atoms. The van der Waals surface area contributed by atoms with Gasteiger partial charge in [-0.05, 0) is 18.2 Å². The van der Waals surface area contributed by atoms with E-state index >= 15 is 0 Å². The molecule has 0 aromatic heterocycles. The quantitative estimate of drug-likeness (QED) is 0.839. The van der Waals surface area contributed by atoms with Crippen molar-refractivity contribution in [1.82, 2.24) is 0 Å². The van der Waals surface area contributed by atoms with Crippen molar-refractivity contribution in [2.24, 2.45) is 5.73 Å². The number of halogens is 1. The van der Waals surface area contributed by atoms with Crippen LogP contribution < -0.4 is 20.9 Å². The molecule has 0 saturated heterocycles. The highest BCUT2D eigenvalue weighted by Crippen LogP contribution is 2.32. The molecule has 0 unspecified atom stereocenters. The summed E-state index contributed by atoms with van der Waals surface area (Å²) in [6, 6.07) is 8.56. The topological polar surface area (TPSA) is 87.6 Å². The van der Waals surface area contributed by atoms with Crippen LogP contribution in [0.25, 0.3) is 0 Å². The summed E-state index contributed by atoms with van der Waals surface area (Å²) in [5.41, 5.74) is 11.2. The summed E-state index contributed by atoms with van der Waals surface area (Å²) < 4.78 is 24.1. The first kappa shape index (κ1) is 13.7. The summed E-state index contributed by atoms with van der Waals surface area (Å²) >= 11 is 0. The molecule has 0 saturated carbocycles. The highest BCUT2D eigenvalue weighted by atomic mass is 19.1. The summed E-state index contributed by atoms with van der Waals surface area (Å²) in [7, 11) is 1.42. The van der Waals surface area contributed by atoms with Gasteiger partial charge in [-0.15, -0.1) is 0 Å². The largest absolute Gasteiger partial charge is 0.494 e. The summed E-state index contributed by atoms with van der Waals surface area (Å²) in [5, 5.41) is 0. The number of amides is 1. The van der Waals surface area contributed by atoms with Gasteiger partial charge < -0.3 is 20.9 Å². The lowest BCUT2D eigenvalue weighted by atomic mass is 10.2. The van der Waals surface area contributed by atoms with Gasteiger partial charge >= 0.3 is 0 Å². The number of hydrogen-bond donors (Lipinski definition) is 2. The second-order valence-electron chi connectivity index (χ2n) is 4.02. The average Bonchev–Trinajstić information content (AvgIpc) is 2.42. The number of benzene rings is 2. The number of nitrogens with two attached hydrogens (primary N) is 2. The normalized spacial score (nSPS) is 10.1. The third-order valence-corrected chi connectivity index (χ3v) is 2.63. The molecule has 0 heterocycles. The van der Waals surface area contributed by atoms with Crippen LogP contribution in [-0.2, 0) is 0 Å². The van der Waals surface area contributed by atoms with Crippen LogP contribution in [0.5, 0.6) is 17.2 Å². The molecule has 0 aliphatic carbocycles. The Bertz CT molecular complexity index is 659. The number of methoxy groups -OCH3 is 1. The number of carbonyl (C=O) groups excluding carboxylic acids is 1. The molecular weight excluding hydrogens is 263 g/mol. The summed E-state index contributed by atoms with van der Waals surface area (Å²) in [6.07, 6.45) is 0. The van der Waals surface area contributed by atoms with Gasteiger partial charge in [-0.25, -0.2) is 4.39 Å². The molecule has 2 aromatic rings. The van der Waals surface area contributed by atoms with Crippen molar-refractivity contribution in [2.75, 3.05) is 12.8 Å². The van der Waals surface area contributed by atoms with E-state index in [1.165, 1.54) is 25.3 Å². The Morgan fingerprint density at radius 3 is 2.60 bits per heavy atom. The third-order valence-electron chi connectivity index (χ3n) is 2.63. The minimum Gasteiger partial charge on any atom is -0.494 e. The Kier molecular flexibility index (Phi) is 3.74.